The van der Waals surface area contributed by atoms with E-state index in [1.807, 2.05) is 31.3 Å². The highest BCUT2D eigenvalue weighted by Crippen LogP contribution is 2.28. The van der Waals surface area contributed by atoms with Crippen LogP contribution in [0.25, 0.3) is 10.9 Å². The predicted molar refractivity (Wildman–Crippen MR) is 109 cm³/mol. The summed E-state index contributed by atoms with van der Waals surface area (Å²) in [5.41, 5.74) is 1.91. The van der Waals surface area contributed by atoms with Gasteiger partial charge in [-0.25, -0.2) is 4.98 Å². The van der Waals surface area contributed by atoms with Gasteiger partial charge < -0.3 is 16.0 Å². The monoisotopic (exact) mass is 388 g/mol. The number of para-hydroxylation sites is 1. The number of aromatic nitrogens is 1. The number of rotatable bonds is 6. The maximum absolute atomic E-state index is 12.6. The van der Waals surface area contributed by atoms with Crippen molar-refractivity contribution in [2.75, 3.05) is 30.8 Å². The second kappa shape index (κ2) is 8.36. The van der Waals surface area contributed by atoms with Gasteiger partial charge in [-0.05, 0) is 25.2 Å². The maximum Gasteiger partial charge on any atom is 0.259 e. The summed E-state index contributed by atoms with van der Waals surface area (Å²) < 4.78 is 0. The summed E-state index contributed by atoms with van der Waals surface area (Å²) in [5.74, 6) is 0.0289. The SMILES string of the molecule is CNCCNc1cc(NC(=O)c2c(Cl)cccc2Cl)nc2ccccc12. The van der Waals surface area contributed by atoms with Crippen molar-refractivity contribution in [1.29, 1.82) is 0 Å². The van der Waals surface area contributed by atoms with E-state index in [4.69, 9.17) is 23.2 Å². The highest BCUT2D eigenvalue weighted by molar-refractivity contribution is 6.40. The van der Waals surface area contributed by atoms with E-state index in [1.165, 1.54) is 0 Å². The Labute approximate surface area is 161 Å². The third kappa shape index (κ3) is 4.07. The van der Waals surface area contributed by atoms with Gasteiger partial charge in [0.05, 0.1) is 21.1 Å². The fourth-order valence-electron chi connectivity index (χ4n) is 2.60. The zero-order valence-electron chi connectivity index (χ0n) is 14.1. The van der Waals surface area contributed by atoms with Crippen molar-refractivity contribution < 1.29 is 4.79 Å². The zero-order chi connectivity index (χ0) is 18.5. The average Bonchev–Trinajstić information content (AvgIpc) is 2.61. The van der Waals surface area contributed by atoms with E-state index in [0.29, 0.717) is 15.9 Å². The Morgan fingerprint density at radius 1 is 1.04 bits per heavy atom. The maximum atomic E-state index is 12.6. The third-order valence-electron chi connectivity index (χ3n) is 3.84. The lowest BCUT2D eigenvalue weighted by Gasteiger charge is -2.13. The van der Waals surface area contributed by atoms with Crippen LogP contribution in [0, 0.1) is 0 Å². The van der Waals surface area contributed by atoms with Crippen molar-refractivity contribution in [3.05, 3.63) is 64.1 Å². The van der Waals surface area contributed by atoms with Crippen molar-refractivity contribution in [3.63, 3.8) is 0 Å². The van der Waals surface area contributed by atoms with Gasteiger partial charge in [-0.3, -0.25) is 4.79 Å². The summed E-state index contributed by atoms with van der Waals surface area (Å²) in [6.45, 7) is 1.56. The number of pyridine rings is 1. The lowest BCUT2D eigenvalue weighted by atomic mass is 10.1. The summed E-state index contributed by atoms with van der Waals surface area (Å²) in [6, 6.07) is 14.5. The van der Waals surface area contributed by atoms with E-state index in [2.05, 4.69) is 20.9 Å². The molecule has 3 rings (SSSR count). The quantitative estimate of drug-likeness (QED) is 0.546. The summed E-state index contributed by atoms with van der Waals surface area (Å²) in [6.07, 6.45) is 0. The minimum atomic E-state index is -0.399. The number of hydrogen-bond donors (Lipinski definition) is 3. The third-order valence-corrected chi connectivity index (χ3v) is 4.47. The Balaban J connectivity index is 1.93. The summed E-state index contributed by atoms with van der Waals surface area (Å²) >= 11 is 12.2. The molecule has 0 aliphatic heterocycles. The van der Waals surface area contributed by atoms with Gasteiger partial charge in [-0.2, -0.15) is 0 Å². The van der Waals surface area contributed by atoms with Crippen molar-refractivity contribution in [2.24, 2.45) is 0 Å². The summed E-state index contributed by atoms with van der Waals surface area (Å²) in [7, 11) is 1.89. The Hall–Kier alpha value is -2.34. The van der Waals surface area contributed by atoms with Crippen molar-refractivity contribution in [3.8, 4) is 0 Å². The predicted octanol–water partition coefficient (Wildman–Crippen LogP) is 4.43. The molecular formula is C19H18Cl2N4O. The molecule has 0 atom stereocenters. The van der Waals surface area contributed by atoms with Gasteiger partial charge in [-0.15, -0.1) is 0 Å². The molecule has 7 heteroatoms. The second-order valence-electron chi connectivity index (χ2n) is 5.65. The first-order valence-electron chi connectivity index (χ1n) is 8.14. The molecule has 26 heavy (non-hydrogen) atoms. The number of halogens is 2. The topological polar surface area (TPSA) is 66.0 Å². The summed E-state index contributed by atoms with van der Waals surface area (Å²) in [4.78, 5) is 17.1. The number of carbonyl (C=O) groups excluding carboxylic acids is 1. The standard InChI is InChI=1S/C19H18Cl2N4O/c1-22-9-10-23-16-11-17(24-15-8-3-2-5-12(15)16)25-19(26)18-13(20)6-4-7-14(18)21/h2-8,11,22H,9-10H2,1H3,(H2,23,24,25,26). The van der Waals surface area contributed by atoms with Gasteiger partial charge >= 0.3 is 0 Å². The first-order chi connectivity index (χ1) is 12.6. The average molecular weight is 389 g/mol. The van der Waals surface area contributed by atoms with E-state index in [-0.39, 0.29) is 5.56 Å². The number of carbonyl (C=O) groups is 1. The van der Waals surface area contributed by atoms with Crippen LogP contribution in [0.5, 0.6) is 0 Å². The molecule has 134 valence electrons. The number of nitrogens with zero attached hydrogens (tertiary/aromatic N) is 1. The van der Waals surface area contributed by atoms with E-state index >= 15 is 0 Å². The molecular weight excluding hydrogens is 371 g/mol. The van der Waals surface area contributed by atoms with E-state index in [0.717, 1.165) is 29.7 Å². The number of benzene rings is 2. The van der Waals surface area contributed by atoms with Crippen LogP contribution in [0.1, 0.15) is 10.4 Å². The Kier molecular flexibility index (Phi) is 5.93. The first kappa shape index (κ1) is 18.5. The van der Waals surface area contributed by atoms with Crippen LogP contribution < -0.4 is 16.0 Å². The minimum absolute atomic E-state index is 0.232. The fourth-order valence-corrected chi connectivity index (χ4v) is 3.17. The van der Waals surface area contributed by atoms with E-state index < -0.39 is 5.91 Å². The molecule has 1 amide bonds. The highest BCUT2D eigenvalue weighted by atomic mass is 35.5. The van der Waals surface area contributed by atoms with E-state index in [1.54, 1.807) is 24.3 Å². The molecule has 3 aromatic rings. The lowest BCUT2D eigenvalue weighted by Crippen LogP contribution is -2.18. The van der Waals surface area contributed by atoms with Crippen molar-refractivity contribution in [2.45, 2.75) is 0 Å². The Morgan fingerprint density at radius 3 is 2.50 bits per heavy atom. The largest absolute Gasteiger partial charge is 0.383 e. The Bertz CT molecular complexity index is 926. The molecule has 0 unspecified atom stereocenters. The molecule has 1 aromatic heterocycles. The van der Waals surface area contributed by atoms with Gasteiger partial charge in [0.25, 0.3) is 5.91 Å². The number of anilines is 2. The number of amides is 1. The normalized spacial score (nSPS) is 10.7. The minimum Gasteiger partial charge on any atom is -0.383 e. The van der Waals surface area contributed by atoms with Gasteiger partial charge in [0.15, 0.2) is 0 Å². The fraction of sp³-hybridized carbons (Fsp3) is 0.158. The molecule has 0 saturated heterocycles. The molecule has 0 saturated carbocycles. The molecule has 0 bridgehead atoms. The lowest BCUT2D eigenvalue weighted by molar-refractivity contribution is 0.102. The van der Waals surface area contributed by atoms with Crippen molar-refractivity contribution >= 4 is 51.5 Å². The molecule has 5 nitrogen and oxygen atoms in total. The van der Waals surface area contributed by atoms with Gasteiger partial charge in [0.2, 0.25) is 0 Å². The van der Waals surface area contributed by atoms with Gasteiger partial charge in [0, 0.05) is 30.2 Å². The van der Waals surface area contributed by atoms with Crippen LogP contribution in [-0.2, 0) is 0 Å². The smallest absolute Gasteiger partial charge is 0.259 e. The first-order valence-corrected chi connectivity index (χ1v) is 8.89. The van der Waals surface area contributed by atoms with Crippen molar-refractivity contribution in [1.82, 2.24) is 10.3 Å². The molecule has 0 radical (unpaired) electrons. The number of hydrogen-bond acceptors (Lipinski definition) is 4. The van der Waals surface area contributed by atoms with E-state index in [9.17, 15) is 4.79 Å². The van der Waals surface area contributed by atoms with Crippen LogP contribution in [0.4, 0.5) is 11.5 Å². The number of fused-ring (bicyclic) bond motifs is 1. The molecule has 2 aromatic carbocycles. The molecule has 0 spiro atoms. The van der Waals surface area contributed by atoms with Crippen LogP contribution in [0.3, 0.4) is 0 Å². The molecule has 0 fully saturated rings. The second-order valence-corrected chi connectivity index (χ2v) is 6.47. The molecule has 3 N–H and O–H groups in total. The highest BCUT2D eigenvalue weighted by Gasteiger charge is 2.16. The molecule has 0 aliphatic rings. The molecule has 0 aliphatic carbocycles. The zero-order valence-corrected chi connectivity index (χ0v) is 15.7. The van der Waals surface area contributed by atoms with Gasteiger partial charge in [-0.1, -0.05) is 47.5 Å². The molecule has 1 heterocycles. The van der Waals surface area contributed by atoms with Gasteiger partial charge in [0.1, 0.15) is 5.82 Å². The van der Waals surface area contributed by atoms with Crippen LogP contribution >= 0.6 is 23.2 Å². The summed E-state index contributed by atoms with van der Waals surface area (Å²) in [5, 5.41) is 10.8. The van der Waals surface area contributed by atoms with Crippen LogP contribution in [0.2, 0.25) is 10.0 Å². The number of likely N-dealkylation sites (N-methyl/N-ethyl adjacent to an activating group) is 1. The van der Waals surface area contributed by atoms with Crippen LogP contribution in [-0.4, -0.2) is 31.0 Å². The Morgan fingerprint density at radius 2 is 1.77 bits per heavy atom. The number of nitrogens with one attached hydrogen (secondary N) is 3. The van der Waals surface area contributed by atoms with Crippen LogP contribution in [0.15, 0.2) is 48.5 Å².